The largest absolute Gasteiger partial charge is 0.507 e. The molecule has 0 spiro atoms. The summed E-state index contributed by atoms with van der Waals surface area (Å²) in [6.45, 7) is 11.1. The van der Waals surface area contributed by atoms with Gasteiger partial charge in [0, 0.05) is 0 Å². The van der Waals surface area contributed by atoms with Crippen molar-refractivity contribution in [2.24, 2.45) is 0 Å². The molecule has 0 heterocycles. The number of phenolic OH excluding ortho intramolecular Hbond substituents is 1. The lowest BCUT2D eigenvalue weighted by molar-refractivity contribution is 0.454. The molecule has 0 bridgehead atoms. The summed E-state index contributed by atoms with van der Waals surface area (Å²) >= 11 is 0. The minimum Gasteiger partial charge on any atom is -0.507 e. The lowest BCUT2D eigenvalue weighted by Gasteiger charge is -2.27. The molecule has 1 N–H and O–H groups in total. The molecular formula is C26H31NO5S2. The number of sulfonamides is 2. The number of phenols is 1. The zero-order valence-corrected chi connectivity index (χ0v) is 21.9. The Bertz CT molecular complexity index is 1290. The molecule has 0 aliphatic heterocycles. The fourth-order valence-electron chi connectivity index (χ4n) is 3.67. The second-order valence-corrected chi connectivity index (χ2v) is 12.9. The van der Waals surface area contributed by atoms with Gasteiger partial charge in [0.2, 0.25) is 0 Å². The maximum absolute atomic E-state index is 13.9. The third-order valence-corrected chi connectivity index (χ3v) is 9.89. The molecule has 6 nitrogen and oxygen atoms in total. The van der Waals surface area contributed by atoms with Gasteiger partial charge in [0.05, 0.1) is 15.5 Å². The summed E-state index contributed by atoms with van der Waals surface area (Å²) in [5.41, 5.74) is 2.61. The predicted molar refractivity (Wildman–Crippen MR) is 135 cm³/mol. The predicted octanol–water partition coefficient (Wildman–Crippen LogP) is 5.84. The lowest BCUT2D eigenvalue weighted by Crippen LogP contribution is -2.37. The standard InChI is InChI=1S/C26H31NO5S2/c1-17(2)24-15-21(16-25(18(3)4)26(24)28)27(33(29,30)22-11-7-19(5)8-12-22)34(31,32)23-13-9-20(6)10-14-23/h7-18,28H,1-6H3. The van der Waals surface area contributed by atoms with E-state index in [4.69, 9.17) is 0 Å². The van der Waals surface area contributed by atoms with Crippen LogP contribution in [0.1, 0.15) is 61.8 Å². The second-order valence-electron chi connectivity index (χ2n) is 9.12. The van der Waals surface area contributed by atoms with E-state index in [1.807, 2.05) is 41.5 Å². The van der Waals surface area contributed by atoms with Gasteiger partial charge in [-0.3, -0.25) is 0 Å². The van der Waals surface area contributed by atoms with E-state index >= 15 is 0 Å². The van der Waals surface area contributed by atoms with Gasteiger partial charge in [0.25, 0.3) is 20.0 Å². The van der Waals surface area contributed by atoms with Crippen molar-refractivity contribution in [2.45, 2.75) is 63.2 Å². The molecular weight excluding hydrogens is 470 g/mol. The van der Waals surface area contributed by atoms with Crippen molar-refractivity contribution < 1.29 is 21.9 Å². The quantitative estimate of drug-likeness (QED) is 0.439. The van der Waals surface area contributed by atoms with E-state index in [9.17, 15) is 21.9 Å². The van der Waals surface area contributed by atoms with Gasteiger partial charge in [-0.05, 0) is 73.2 Å². The highest BCUT2D eigenvalue weighted by atomic mass is 32.3. The number of rotatable bonds is 7. The molecule has 182 valence electrons. The van der Waals surface area contributed by atoms with Crippen LogP contribution in [0.25, 0.3) is 0 Å². The SMILES string of the molecule is Cc1ccc(S(=O)(=O)N(c2cc(C(C)C)c(O)c(C(C)C)c2)S(=O)(=O)c2ccc(C)cc2)cc1. The molecule has 0 radical (unpaired) electrons. The van der Waals surface area contributed by atoms with Crippen LogP contribution in [-0.4, -0.2) is 21.9 Å². The highest BCUT2D eigenvalue weighted by molar-refractivity contribution is 8.10. The van der Waals surface area contributed by atoms with Gasteiger partial charge in [-0.25, -0.2) is 16.8 Å². The van der Waals surface area contributed by atoms with Crippen LogP contribution < -0.4 is 3.71 Å². The summed E-state index contributed by atoms with van der Waals surface area (Å²) in [7, 11) is -9.04. The summed E-state index contributed by atoms with van der Waals surface area (Å²) in [6, 6.07) is 15.0. The Balaban J connectivity index is 2.39. The van der Waals surface area contributed by atoms with Crippen molar-refractivity contribution in [1.29, 1.82) is 0 Å². The summed E-state index contributed by atoms with van der Waals surface area (Å²) in [4.78, 5) is -0.280. The zero-order valence-electron chi connectivity index (χ0n) is 20.3. The first-order chi connectivity index (χ1) is 15.8. The number of nitrogens with zero attached hydrogens (tertiary/aromatic N) is 1. The highest BCUT2D eigenvalue weighted by Crippen LogP contribution is 2.40. The van der Waals surface area contributed by atoms with E-state index in [0.717, 1.165) is 11.1 Å². The molecule has 3 rings (SSSR count). The summed E-state index contributed by atoms with van der Waals surface area (Å²) in [6.07, 6.45) is 0. The van der Waals surface area contributed by atoms with E-state index in [0.29, 0.717) is 14.8 Å². The molecule has 0 aliphatic rings. The Morgan fingerprint density at radius 3 is 1.26 bits per heavy atom. The number of anilines is 1. The topological polar surface area (TPSA) is 91.8 Å². The fourth-order valence-corrected chi connectivity index (χ4v) is 7.33. The molecule has 0 saturated carbocycles. The number of hydrogen-bond acceptors (Lipinski definition) is 5. The molecule has 0 aliphatic carbocycles. The van der Waals surface area contributed by atoms with Gasteiger partial charge in [-0.1, -0.05) is 63.1 Å². The first-order valence-corrected chi connectivity index (χ1v) is 14.0. The molecule has 0 unspecified atom stereocenters. The van der Waals surface area contributed by atoms with Crippen molar-refractivity contribution in [2.75, 3.05) is 3.71 Å². The smallest absolute Gasteiger partial charge is 0.277 e. The average molecular weight is 502 g/mol. The van der Waals surface area contributed by atoms with Crippen molar-refractivity contribution >= 4 is 25.7 Å². The Kier molecular flexibility index (Phi) is 7.15. The Hall–Kier alpha value is -2.84. The minimum absolute atomic E-state index is 0.0358. The fraction of sp³-hybridized carbons (Fsp3) is 0.308. The van der Waals surface area contributed by atoms with Crippen molar-refractivity contribution in [3.63, 3.8) is 0 Å². The van der Waals surface area contributed by atoms with Gasteiger partial charge in [0.15, 0.2) is 0 Å². The number of hydrogen-bond donors (Lipinski definition) is 1. The molecule has 0 saturated heterocycles. The van der Waals surface area contributed by atoms with Crippen molar-refractivity contribution in [3.8, 4) is 5.75 Å². The van der Waals surface area contributed by atoms with Crippen LogP contribution in [0.4, 0.5) is 5.69 Å². The summed E-state index contributed by atoms with van der Waals surface area (Å²) in [5, 5.41) is 10.8. The van der Waals surface area contributed by atoms with Gasteiger partial charge in [-0.2, -0.15) is 3.71 Å². The van der Waals surface area contributed by atoms with Gasteiger partial charge >= 0.3 is 0 Å². The van der Waals surface area contributed by atoms with Crippen LogP contribution in [0.3, 0.4) is 0 Å². The molecule has 34 heavy (non-hydrogen) atoms. The second kappa shape index (κ2) is 9.43. The van der Waals surface area contributed by atoms with Crippen molar-refractivity contribution in [1.82, 2.24) is 0 Å². The lowest BCUT2D eigenvalue weighted by atomic mass is 9.93. The number of aromatic hydroxyl groups is 1. The first kappa shape index (κ1) is 25.8. The normalized spacial score (nSPS) is 12.4. The Labute approximate surface area is 203 Å². The van der Waals surface area contributed by atoms with Gasteiger partial charge in [-0.15, -0.1) is 0 Å². The van der Waals surface area contributed by atoms with Crippen LogP contribution in [0.15, 0.2) is 70.5 Å². The minimum atomic E-state index is -4.52. The van der Waals surface area contributed by atoms with Gasteiger partial charge < -0.3 is 5.11 Å². The van der Waals surface area contributed by atoms with Gasteiger partial charge in [0.1, 0.15) is 5.75 Å². The van der Waals surface area contributed by atoms with E-state index in [1.54, 1.807) is 24.3 Å². The number of aryl methyl sites for hydroxylation is 2. The molecule has 3 aromatic rings. The van der Waals surface area contributed by atoms with E-state index in [1.165, 1.54) is 36.4 Å². The third kappa shape index (κ3) is 4.83. The van der Waals surface area contributed by atoms with Crippen molar-refractivity contribution in [3.05, 3.63) is 82.9 Å². The average Bonchev–Trinajstić information content (AvgIpc) is 2.74. The van der Waals surface area contributed by atoms with Crippen LogP contribution in [0, 0.1) is 13.8 Å². The highest BCUT2D eigenvalue weighted by Gasteiger charge is 2.38. The molecule has 0 fully saturated rings. The van der Waals surface area contributed by atoms with E-state index in [2.05, 4.69) is 0 Å². The molecule has 8 heteroatoms. The van der Waals surface area contributed by atoms with E-state index < -0.39 is 20.0 Å². The molecule has 0 amide bonds. The van der Waals surface area contributed by atoms with Crippen LogP contribution in [0.2, 0.25) is 0 Å². The van der Waals surface area contributed by atoms with E-state index in [-0.39, 0.29) is 33.1 Å². The van der Waals surface area contributed by atoms with Crippen LogP contribution in [-0.2, 0) is 20.0 Å². The van der Waals surface area contributed by atoms with Crippen LogP contribution >= 0.6 is 0 Å². The summed E-state index contributed by atoms with van der Waals surface area (Å²) in [5.74, 6) is -0.277. The van der Waals surface area contributed by atoms with Crippen LogP contribution in [0.5, 0.6) is 5.75 Å². The third-order valence-electron chi connectivity index (χ3n) is 5.68. The Morgan fingerprint density at radius 1 is 0.647 bits per heavy atom. The maximum atomic E-state index is 13.9. The molecule has 0 aromatic heterocycles. The monoisotopic (exact) mass is 501 g/mol. The maximum Gasteiger partial charge on any atom is 0.277 e. The Morgan fingerprint density at radius 2 is 0.971 bits per heavy atom. The molecule has 3 aromatic carbocycles. The summed E-state index contributed by atoms with van der Waals surface area (Å²) < 4.78 is 55.9. The zero-order chi connectivity index (χ0) is 25.4. The first-order valence-electron chi connectivity index (χ1n) is 11.1. The number of benzene rings is 3. The molecule has 0 atom stereocenters.